The van der Waals surface area contributed by atoms with Gasteiger partial charge in [0.25, 0.3) is 0 Å². The molecule has 0 aliphatic carbocycles. The molecule has 3 atom stereocenters. The summed E-state index contributed by atoms with van der Waals surface area (Å²) < 4.78 is 38.0. The number of hydrogen-bond acceptors (Lipinski definition) is 9. The molecular weight excluding hydrogens is 696 g/mol. The van der Waals surface area contributed by atoms with E-state index in [4.69, 9.17) is 33.2 Å². The minimum absolute atomic E-state index is 0.0504. The normalized spacial score (nSPS) is 17.9. The zero-order chi connectivity index (χ0) is 39.4. The summed E-state index contributed by atoms with van der Waals surface area (Å²) >= 11 is 0. The van der Waals surface area contributed by atoms with Gasteiger partial charge < -0.3 is 38.3 Å². The predicted molar refractivity (Wildman–Crippen MR) is 216 cm³/mol. The van der Waals surface area contributed by atoms with Gasteiger partial charge in [-0.3, -0.25) is 4.79 Å². The molecule has 0 bridgehead atoms. The summed E-state index contributed by atoms with van der Waals surface area (Å²) in [6.07, 6.45) is 15.8. The van der Waals surface area contributed by atoms with Crippen molar-refractivity contribution < 1.29 is 43.1 Å². The Bertz CT molecular complexity index is 1520. The highest BCUT2D eigenvalue weighted by molar-refractivity contribution is 6.10. The van der Waals surface area contributed by atoms with Gasteiger partial charge in [0.2, 0.25) is 5.78 Å². The highest BCUT2D eigenvalue weighted by Gasteiger charge is 2.16. The maximum absolute atomic E-state index is 12.4. The second-order valence-corrected chi connectivity index (χ2v) is 13.2. The summed E-state index contributed by atoms with van der Waals surface area (Å²) in [6, 6.07) is 11.1. The predicted octanol–water partition coefficient (Wildman–Crippen LogP) is 8.51. The van der Waals surface area contributed by atoms with E-state index in [0.717, 1.165) is 93.8 Å². The van der Waals surface area contributed by atoms with E-state index >= 15 is 0 Å². The molecule has 3 heterocycles. The van der Waals surface area contributed by atoms with Gasteiger partial charge in [-0.1, -0.05) is 42.2 Å². The fourth-order valence-corrected chi connectivity index (χ4v) is 6.12. The molecule has 55 heavy (non-hydrogen) atoms. The van der Waals surface area contributed by atoms with E-state index in [1.807, 2.05) is 24.3 Å². The van der Waals surface area contributed by atoms with Crippen LogP contribution in [0.5, 0.6) is 11.5 Å². The number of carbonyl (C=O) groups is 1. The van der Waals surface area contributed by atoms with Crippen LogP contribution in [0.15, 0.2) is 61.7 Å². The molecule has 2 aromatic carbocycles. The molecule has 3 aliphatic rings. The fourth-order valence-electron chi connectivity index (χ4n) is 6.12. The van der Waals surface area contributed by atoms with Gasteiger partial charge in [0.1, 0.15) is 17.6 Å². The zero-order valence-electron chi connectivity index (χ0n) is 33.1. The number of unbranched alkanes of at least 4 members (excludes halogenated alkanes) is 2. The summed E-state index contributed by atoms with van der Waals surface area (Å²) in [6.45, 7) is 12.3. The van der Waals surface area contributed by atoms with Crippen LogP contribution in [0.1, 0.15) is 110 Å². The lowest BCUT2D eigenvalue weighted by Crippen LogP contribution is -2.22. The molecule has 9 nitrogen and oxygen atoms in total. The number of aliphatic hydroxyl groups excluding tert-OH is 1. The Balaban J connectivity index is 0.000000261. The van der Waals surface area contributed by atoms with E-state index in [0.29, 0.717) is 50.2 Å². The van der Waals surface area contributed by atoms with Gasteiger partial charge in [0.05, 0.1) is 27.4 Å². The molecule has 2 unspecified atom stereocenters. The maximum Gasteiger partial charge on any atom is 0.236 e. The molecule has 0 radical (unpaired) electrons. The molecule has 3 fully saturated rings. The highest BCUT2D eigenvalue weighted by atomic mass is 16.7. The number of methoxy groups -OCH3 is 2. The SMILES string of the molecule is C1CCOC1.C=CCc1c(OC)cccc1C(=O)C#CCCCOC1CCCCO1.C=CCc1c(OC)cccc1[C@@H](O)C#CCCCOC1CCCCO1. The van der Waals surface area contributed by atoms with E-state index in [1.54, 1.807) is 38.5 Å². The van der Waals surface area contributed by atoms with Gasteiger partial charge in [-0.15, -0.1) is 19.1 Å². The van der Waals surface area contributed by atoms with Crippen molar-refractivity contribution in [2.75, 3.05) is 53.9 Å². The Morgan fingerprint density at radius 3 is 1.85 bits per heavy atom. The van der Waals surface area contributed by atoms with E-state index in [9.17, 15) is 9.90 Å². The molecule has 3 saturated heterocycles. The number of ether oxygens (including phenoxy) is 7. The number of benzene rings is 2. The number of rotatable bonds is 16. The first-order valence-corrected chi connectivity index (χ1v) is 19.8. The van der Waals surface area contributed by atoms with Gasteiger partial charge in [-0.05, 0) is 107 Å². The molecule has 1 N–H and O–H groups in total. The smallest absolute Gasteiger partial charge is 0.236 e. The lowest BCUT2D eigenvalue weighted by molar-refractivity contribution is -0.162. The average molecular weight is 759 g/mol. The van der Waals surface area contributed by atoms with E-state index < -0.39 is 6.10 Å². The van der Waals surface area contributed by atoms with Crippen LogP contribution in [0.25, 0.3) is 0 Å². The third-order valence-electron chi connectivity index (χ3n) is 9.02. The van der Waals surface area contributed by atoms with Gasteiger partial charge in [0, 0.05) is 56.0 Å². The van der Waals surface area contributed by atoms with Crippen molar-refractivity contribution >= 4 is 5.78 Å². The summed E-state index contributed by atoms with van der Waals surface area (Å²) in [5.41, 5.74) is 3.12. The Labute approximate surface area is 329 Å². The fraction of sp³-hybridized carbons (Fsp3) is 0.543. The van der Waals surface area contributed by atoms with Gasteiger partial charge in [-0.25, -0.2) is 0 Å². The van der Waals surface area contributed by atoms with Gasteiger partial charge in [-0.2, -0.15) is 0 Å². The molecule has 0 spiro atoms. The molecule has 9 heteroatoms. The first kappa shape index (κ1) is 45.5. The summed E-state index contributed by atoms with van der Waals surface area (Å²) in [5, 5.41) is 10.4. The third-order valence-corrected chi connectivity index (χ3v) is 9.02. The van der Waals surface area contributed by atoms with Crippen LogP contribution in [0.4, 0.5) is 0 Å². The second-order valence-electron chi connectivity index (χ2n) is 13.2. The van der Waals surface area contributed by atoms with Crippen molar-refractivity contribution in [1.29, 1.82) is 0 Å². The summed E-state index contributed by atoms with van der Waals surface area (Å²) in [4.78, 5) is 12.4. The van der Waals surface area contributed by atoms with Crippen molar-refractivity contribution in [3.05, 3.63) is 84.0 Å². The molecule has 0 saturated carbocycles. The quantitative estimate of drug-likeness (QED) is 0.0594. The van der Waals surface area contributed by atoms with Gasteiger partial charge >= 0.3 is 0 Å². The molecular formula is C46H62O9. The monoisotopic (exact) mass is 758 g/mol. The Hall–Kier alpha value is -3.93. The first-order valence-electron chi connectivity index (χ1n) is 19.8. The number of aliphatic hydroxyl groups is 1. The second kappa shape index (κ2) is 28.5. The molecule has 3 aliphatic heterocycles. The average Bonchev–Trinajstić information content (AvgIpc) is 3.83. The number of ketones is 1. The third kappa shape index (κ3) is 17.6. The van der Waals surface area contributed by atoms with Crippen LogP contribution in [-0.4, -0.2) is 77.3 Å². The number of allylic oxidation sites excluding steroid dienone is 2. The Morgan fingerprint density at radius 2 is 1.33 bits per heavy atom. The highest BCUT2D eigenvalue weighted by Crippen LogP contribution is 2.28. The van der Waals surface area contributed by atoms with E-state index in [1.165, 1.54) is 19.3 Å². The molecule has 300 valence electrons. The van der Waals surface area contributed by atoms with Crippen molar-refractivity contribution in [1.82, 2.24) is 0 Å². The molecule has 0 amide bonds. The lowest BCUT2D eigenvalue weighted by atomic mass is 9.99. The zero-order valence-corrected chi connectivity index (χ0v) is 33.1. The number of hydrogen-bond donors (Lipinski definition) is 1. The molecule has 5 rings (SSSR count). The van der Waals surface area contributed by atoms with Crippen molar-refractivity contribution in [3.63, 3.8) is 0 Å². The largest absolute Gasteiger partial charge is 0.496 e. The summed E-state index contributed by atoms with van der Waals surface area (Å²) in [7, 11) is 3.22. The van der Waals surface area contributed by atoms with Crippen LogP contribution in [0.2, 0.25) is 0 Å². The first-order chi connectivity index (χ1) is 27.0. The van der Waals surface area contributed by atoms with Crippen LogP contribution in [0.3, 0.4) is 0 Å². The molecule has 2 aromatic rings. The van der Waals surface area contributed by atoms with Crippen LogP contribution in [-0.2, 0) is 36.5 Å². The lowest BCUT2D eigenvalue weighted by Gasteiger charge is -2.22. The van der Waals surface area contributed by atoms with Crippen LogP contribution < -0.4 is 9.47 Å². The minimum atomic E-state index is -0.826. The van der Waals surface area contributed by atoms with E-state index in [-0.39, 0.29) is 18.4 Å². The minimum Gasteiger partial charge on any atom is -0.496 e. The van der Waals surface area contributed by atoms with Crippen LogP contribution >= 0.6 is 0 Å². The molecule has 0 aromatic heterocycles. The van der Waals surface area contributed by atoms with Gasteiger partial charge in [0.15, 0.2) is 12.6 Å². The van der Waals surface area contributed by atoms with E-state index in [2.05, 4.69) is 36.8 Å². The Kier molecular flexibility index (Phi) is 23.5. The number of Topliss-reactive ketones (excluding diaryl/α,β-unsaturated/α-hetero) is 1. The van der Waals surface area contributed by atoms with Crippen molar-refractivity contribution in [2.45, 2.75) is 109 Å². The standard InChI is InChI=1S/C21H28O4.C21H26O4.C4H8O/c2*1-3-10-18-17(11-9-13-20(18)23-2)19(22)12-5-4-7-15-24-21-14-6-8-16-25-21;1-2-4-5-3-1/h3,9,11,13,19,21-22H,1,4,6-8,10,14-16H2,2H3;3,9,11,13,21H,1,4,6-8,10,14-16H2,2H3;1-4H2/t19-,21?;;/m0../s1. The van der Waals surface area contributed by atoms with Crippen molar-refractivity contribution in [3.8, 4) is 35.2 Å². The summed E-state index contributed by atoms with van der Waals surface area (Å²) in [5.74, 6) is 12.9. The Morgan fingerprint density at radius 1 is 0.782 bits per heavy atom. The topological polar surface area (TPSA) is 102 Å². The maximum atomic E-state index is 12.4. The van der Waals surface area contributed by atoms with Crippen LogP contribution in [0, 0.1) is 23.7 Å². The number of carbonyl (C=O) groups excluding carboxylic acids is 1. The van der Waals surface area contributed by atoms with Crippen molar-refractivity contribution in [2.24, 2.45) is 0 Å².